The van der Waals surface area contributed by atoms with Gasteiger partial charge < -0.3 is 4.90 Å². The zero-order valence-corrected chi connectivity index (χ0v) is 13.9. The van der Waals surface area contributed by atoms with Crippen molar-refractivity contribution in [1.29, 1.82) is 0 Å². The molecule has 2 aromatic heterocycles. The van der Waals surface area contributed by atoms with Gasteiger partial charge in [-0.2, -0.15) is 10.2 Å². The fraction of sp³-hybridized carbons (Fsp3) is 0.500. The number of rotatable bonds is 3. The highest BCUT2D eigenvalue weighted by atomic mass is 32.2. The summed E-state index contributed by atoms with van der Waals surface area (Å²) in [6.07, 6.45) is 5.73. The molecule has 1 aliphatic rings. The summed E-state index contributed by atoms with van der Waals surface area (Å²) in [6, 6.07) is 1.68. The molecule has 8 nitrogen and oxygen atoms in total. The molecule has 2 aromatic rings. The minimum Gasteiger partial charge on any atom is -0.337 e. The van der Waals surface area contributed by atoms with Gasteiger partial charge in [0.25, 0.3) is 5.91 Å². The Morgan fingerprint density at radius 1 is 1.43 bits per heavy atom. The average Bonchev–Trinajstić information content (AvgIpc) is 3.15. The van der Waals surface area contributed by atoms with Crippen LogP contribution in [0.2, 0.25) is 0 Å². The number of hydrogen-bond donors (Lipinski definition) is 1. The zero-order valence-electron chi connectivity index (χ0n) is 13.1. The number of sulfone groups is 1. The summed E-state index contributed by atoms with van der Waals surface area (Å²) in [5, 5.41) is 10.7. The number of aryl methyl sites for hydroxylation is 1. The van der Waals surface area contributed by atoms with Crippen molar-refractivity contribution in [3.05, 3.63) is 29.8 Å². The lowest BCUT2D eigenvalue weighted by Gasteiger charge is -2.32. The van der Waals surface area contributed by atoms with Gasteiger partial charge in [-0.1, -0.05) is 0 Å². The fourth-order valence-corrected chi connectivity index (χ4v) is 3.87. The smallest absolute Gasteiger partial charge is 0.272 e. The predicted octanol–water partition coefficient (Wildman–Crippen LogP) is 0.567. The highest BCUT2D eigenvalue weighted by molar-refractivity contribution is 7.90. The molecule has 0 bridgehead atoms. The van der Waals surface area contributed by atoms with Gasteiger partial charge >= 0.3 is 0 Å². The van der Waals surface area contributed by atoms with Crippen LogP contribution < -0.4 is 0 Å². The quantitative estimate of drug-likeness (QED) is 0.882. The third kappa shape index (κ3) is 3.00. The zero-order chi connectivity index (χ0) is 16.6. The van der Waals surface area contributed by atoms with Crippen molar-refractivity contribution in [1.82, 2.24) is 24.9 Å². The van der Waals surface area contributed by atoms with E-state index in [4.69, 9.17) is 0 Å². The molecular formula is C14H19N5O3S. The van der Waals surface area contributed by atoms with Crippen molar-refractivity contribution in [2.24, 2.45) is 7.05 Å². The Morgan fingerprint density at radius 3 is 2.87 bits per heavy atom. The number of aromatic nitrogens is 4. The number of hydrogen-bond acceptors (Lipinski definition) is 5. The predicted molar refractivity (Wildman–Crippen MR) is 82.8 cm³/mol. The van der Waals surface area contributed by atoms with Crippen LogP contribution in [0.5, 0.6) is 0 Å². The fourth-order valence-electron chi connectivity index (χ4n) is 3.02. The monoisotopic (exact) mass is 337 g/mol. The molecule has 0 aliphatic carbocycles. The maximum Gasteiger partial charge on any atom is 0.272 e. The van der Waals surface area contributed by atoms with Gasteiger partial charge in [0.2, 0.25) is 0 Å². The lowest BCUT2D eigenvalue weighted by molar-refractivity contribution is 0.0694. The molecule has 3 heterocycles. The van der Waals surface area contributed by atoms with Gasteiger partial charge in [-0.25, -0.2) is 8.42 Å². The molecule has 1 atom stereocenters. The van der Waals surface area contributed by atoms with Crippen LogP contribution in [0.1, 0.15) is 34.9 Å². The molecular weight excluding hydrogens is 318 g/mol. The lowest BCUT2D eigenvalue weighted by atomic mass is 9.94. The van der Waals surface area contributed by atoms with Crippen LogP contribution in [0.15, 0.2) is 23.4 Å². The number of carbonyl (C=O) groups is 1. The highest BCUT2D eigenvalue weighted by Crippen LogP contribution is 2.30. The van der Waals surface area contributed by atoms with Gasteiger partial charge in [0.05, 0.1) is 11.9 Å². The summed E-state index contributed by atoms with van der Waals surface area (Å²) < 4.78 is 25.2. The van der Waals surface area contributed by atoms with Gasteiger partial charge in [-0.05, 0) is 18.9 Å². The van der Waals surface area contributed by atoms with E-state index in [0.717, 1.165) is 12.8 Å². The van der Waals surface area contributed by atoms with Crippen molar-refractivity contribution < 1.29 is 13.2 Å². The van der Waals surface area contributed by atoms with Crippen LogP contribution in [0.4, 0.5) is 0 Å². The normalized spacial score (nSPS) is 19.0. The Kier molecular flexibility index (Phi) is 3.97. The molecule has 0 radical (unpaired) electrons. The number of piperidine rings is 1. The molecule has 0 spiro atoms. The van der Waals surface area contributed by atoms with E-state index in [0.29, 0.717) is 24.5 Å². The Hall–Kier alpha value is -2.16. The van der Waals surface area contributed by atoms with Gasteiger partial charge in [0.15, 0.2) is 9.84 Å². The van der Waals surface area contributed by atoms with E-state index in [1.807, 2.05) is 0 Å². The summed E-state index contributed by atoms with van der Waals surface area (Å²) in [4.78, 5) is 14.6. The van der Waals surface area contributed by atoms with E-state index in [-0.39, 0.29) is 16.7 Å². The SMILES string of the molecule is Cn1nccc1C(=O)N1CCCC(c2[nH]ncc2S(C)(=O)=O)C1. The number of amides is 1. The molecule has 23 heavy (non-hydrogen) atoms. The standard InChI is InChI=1S/C14H19N5O3S/c1-18-11(5-6-16-18)14(20)19-7-3-4-10(9-19)13-12(8-15-17-13)23(2,21)22/h5-6,8,10H,3-4,7,9H2,1-2H3,(H,15,17). The summed E-state index contributed by atoms with van der Waals surface area (Å²) >= 11 is 0. The van der Waals surface area contributed by atoms with Crippen LogP contribution in [0.3, 0.4) is 0 Å². The van der Waals surface area contributed by atoms with Crippen molar-refractivity contribution >= 4 is 15.7 Å². The van der Waals surface area contributed by atoms with E-state index < -0.39 is 9.84 Å². The summed E-state index contributed by atoms with van der Waals surface area (Å²) in [6.45, 7) is 1.12. The van der Waals surface area contributed by atoms with Crippen LogP contribution in [-0.2, 0) is 16.9 Å². The Morgan fingerprint density at radius 2 is 2.22 bits per heavy atom. The molecule has 124 valence electrons. The number of H-pyrrole nitrogens is 1. The van der Waals surface area contributed by atoms with Crippen molar-refractivity contribution in [2.45, 2.75) is 23.7 Å². The largest absolute Gasteiger partial charge is 0.337 e. The molecule has 1 fully saturated rings. The first-order valence-electron chi connectivity index (χ1n) is 7.38. The number of aromatic amines is 1. The van der Waals surface area contributed by atoms with Crippen LogP contribution in [0.25, 0.3) is 0 Å². The van der Waals surface area contributed by atoms with E-state index in [2.05, 4.69) is 15.3 Å². The molecule has 3 rings (SSSR count). The number of nitrogens with zero attached hydrogens (tertiary/aromatic N) is 4. The molecule has 0 aromatic carbocycles. The van der Waals surface area contributed by atoms with E-state index >= 15 is 0 Å². The maximum absolute atomic E-state index is 12.6. The van der Waals surface area contributed by atoms with Gasteiger partial charge in [-0.3, -0.25) is 14.6 Å². The number of likely N-dealkylation sites (tertiary alicyclic amines) is 1. The van der Waals surface area contributed by atoms with Crippen molar-refractivity contribution in [2.75, 3.05) is 19.3 Å². The molecule has 1 amide bonds. The summed E-state index contributed by atoms with van der Waals surface area (Å²) in [5.74, 6) is -0.150. The average molecular weight is 337 g/mol. The number of nitrogens with one attached hydrogen (secondary N) is 1. The molecule has 0 saturated carbocycles. The van der Waals surface area contributed by atoms with Crippen LogP contribution >= 0.6 is 0 Å². The first-order chi connectivity index (χ1) is 10.9. The van der Waals surface area contributed by atoms with Crippen molar-refractivity contribution in [3.8, 4) is 0 Å². The van der Waals surface area contributed by atoms with Crippen LogP contribution in [-0.4, -0.2) is 58.5 Å². The lowest BCUT2D eigenvalue weighted by Crippen LogP contribution is -2.40. The third-order valence-electron chi connectivity index (χ3n) is 4.19. The maximum atomic E-state index is 12.6. The van der Waals surface area contributed by atoms with Gasteiger partial charge in [-0.15, -0.1) is 0 Å². The molecule has 9 heteroatoms. The van der Waals surface area contributed by atoms with Gasteiger partial charge in [0.1, 0.15) is 10.6 Å². The first-order valence-corrected chi connectivity index (χ1v) is 9.27. The second-order valence-corrected chi connectivity index (χ2v) is 7.83. The van der Waals surface area contributed by atoms with E-state index in [1.54, 1.807) is 28.9 Å². The summed E-state index contributed by atoms with van der Waals surface area (Å²) in [7, 11) is -1.61. The minimum absolute atomic E-state index is 0.0619. The second kappa shape index (κ2) is 5.80. The minimum atomic E-state index is -3.34. The van der Waals surface area contributed by atoms with E-state index in [9.17, 15) is 13.2 Å². The Balaban J connectivity index is 1.84. The first kappa shape index (κ1) is 15.7. The molecule has 1 aliphatic heterocycles. The highest BCUT2D eigenvalue weighted by Gasteiger charge is 2.30. The topological polar surface area (TPSA) is 101 Å². The Labute approximate surface area is 134 Å². The summed E-state index contributed by atoms with van der Waals surface area (Å²) in [5.41, 5.74) is 1.12. The van der Waals surface area contributed by atoms with Gasteiger partial charge in [0, 0.05) is 38.5 Å². The molecule has 1 unspecified atom stereocenters. The number of carbonyl (C=O) groups excluding carboxylic acids is 1. The third-order valence-corrected chi connectivity index (χ3v) is 5.31. The molecule has 1 N–H and O–H groups in total. The molecule has 1 saturated heterocycles. The van der Waals surface area contributed by atoms with Crippen molar-refractivity contribution in [3.63, 3.8) is 0 Å². The second-order valence-electron chi connectivity index (χ2n) is 5.85. The Bertz CT molecular complexity index is 823. The van der Waals surface area contributed by atoms with E-state index in [1.165, 1.54) is 12.5 Å². The van der Waals surface area contributed by atoms with Crippen LogP contribution in [0, 0.1) is 0 Å².